The number of hydrogen-bond acceptors (Lipinski definition) is 4. The number of rotatable bonds is 10. The highest BCUT2D eigenvalue weighted by atomic mass is 19.1. The van der Waals surface area contributed by atoms with Crippen LogP contribution >= 0.6 is 0 Å². The van der Waals surface area contributed by atoms with Gasteiger partial charge in [-0.15, -0.1) is 0 Å². The van der Waals surface area contributed by atoms with E-state index < -0.39 is 0 Å². The Kier molecular flexibility index (Phi) is 7.93. The van der Waals surface area contributed by atoms with Crippen LogP contribution in [0.15, 0.2) is 48.5 Å². The van der Waals surface area contributed by atoms with E-state index in [2.05, 4.69) is 10.2 Å². The number of amides is 1. The molecule has 1 spiro atoms. The van der Waals surface area contributed by atoms with Gasteiger partial charge in [-0.25, -0.2) is 13.6 Å². The van der Waals surface area contributed by atoms with Gasteiger partial charge < -0.3 is 19.7 Å². The summed E-state index contributed by atoms with van der Waals surface area (Å²) >= 11 is 0. The van der Waals surface area contributed by atoms with Crippen molar-refractivity contribution in [3.05, 3.63) is 71.3 Å². The van der Waals surface area contributed by atoms with Crippen molar-refractivity contribution in [2.24, 2.45) is 0 Å². The summed E-state index contributed by atoms with van der Waals surface area (Å²) in [5, 5.41) is 2.78. The van der Waals surface area contributed by atoms with Gasteiger partial charge in [0, 0.05) is 32.5 Å². The third-order valence-electron chi connectivity index (χ3n) is 6.63. The number of unbranched alkanes of at least 4 members (excludes halogenated alkanes) is 3. The molecule has 178 valence electrons. The van der Waals surface area contributed by atoms with Crippen molar-refractivity contribution in [3.8, 4) is 0 Å². The molecule has 2 fully saturated rings. The third-order valence-corrected chi connectivity index (χ3v) is 6.63. The number of nitrogens with one attached hydrogen (secondary N) is 1. The molecule has 0 aliphatic carbocycles. The van der Waals surface area contributed by atoms with Gasteiger partial charge in [0.25, 0.3) is 0 Å². The molecule has 0 unspecified atom stereocenters. The van der Waals surface area contributed by atoms with E-state index in [9.17, 15) is 13.6 Å². The highest BCUT2D eigenvalue weighted by Crippen LogP contribution is 2.29. The monoisotopic (exact) mass is 458 g/mol. The first-order chi connectivity index (χ1) is 16.0. The Hall–Kier alpha value is -2.51. The summed E-state index contributed by atoms with van der Waals surface area (Å²) in [6.45, 7) is 4.22. The lowest BCUT2D eigenvalue weighted by Gasteiger charge is -2.37. The number of halogens is 2. The van der Waals surface area contributed by atoms with Gasteiger partial charge in [-0.2, -0.15) is 0 Å². The van der Waals surface area contributed by atoms with E-state index in [1.807, 2.05) is 0 Å². The molecule has 7 heteroatoms. The number of piperidine rings is 1. The first-order valence-electron chi connectivity index (χ1n) is 11.8. The lowest BCUT2D eigenvalue weighted by molar-refractivity contribution is 0.000563. The second kappa shape index (κ2) is 11.1. The summed E-state index contributed by atoms with van der Waals surface area (Å²) in [6.07, 6.45) is 5.42. The molecule has 0 saturated carbocycles. The van der Waals surface area contributed by atoms with Crippen LogP contribution in [0.2, 0.25) is 0 Å². The van der Waals surface area contributed by atoms with E-state index in [1.54, 1.807) is 24.3 Å². The summed E-state index contributed by atoms with van der Waals surface area (Å²) < 4.78 is 38.3. The first kappa shape index (κ1) is 23.6. The fourth-order valence-electron chi connectivity index (χ4n) is 4.62. The van der Waals surface area contributed by atoms with Gasteiger partial charge in [-0.3, -0.25) is 0 Å². The molecular formula is C26H32F2N2O3. The van der Waals surface area contributed by atoms with Crippen molar-refractivity contribution in [2.45, 2.75) is 50.2 Å². The number of benzene rings is 2. The molecule has 0 bridgehead atoms. The maximum absolute atomic E-state index is 13.3. The van der Waals surface area contributed by atoms with Crippen LogP contribution in [0, 0.1) is 11.6 Å². The van der Waals surface area contributed by atoms with E-state index in [0.29, 0.717) is 13.2 Å². The molecular weight excluding hydrogens is 426 g/mol. The third kappa shape index (κ3) is 6.51. The standard InChI is InChI=1S/C26H32F2N2O3/c27-22-9-5-20(6-10-22)24(21-7-11-23(28)12-8-21)32-18-4-2-1-3-15-30-16-13-26(14-17-30)19-29-25(31)33-26/h5-12,24H,1-4,13-19H2,(H,29,31). The van der Waals surface area contributed by atoms with Gasteiger partial charge in [0.15, 0.2) is 0 Å². The van der Waals surface area contributed by atoms with Crippen LogP contribution in [0.3, 0.4) is 0 Å². The van der Waals surface area contributed by atoms with Gasteiger partial charge in [-0.05, 0) is 54.8 Å². The molecule has 4 rings (SSSR count). The lowest BCUT2D eigenvalue weighted by Crippen LogP contribution is -2.46. The molecule has 0 atom stereocenters. The zero-order valence-electron chi connectivity index (χ0n) is 18.9. The zero-order valence-corrected chi connectivity index (χ0v) is 18.9. The predicted molar refractivity (Wildman–Crippen MR) is 122 cm³/mol. The summed E-state index contributed by atoms with van der Waals surface area (Å²) in [7, 11) is 0. The van der Waals surface area contributed by atoms with E-state index in [1.165, 1.54) is 24.3 Å². The minimum Gasteiger partial charge on any atom is -0.441 e. The lowest BCUT2D eigenvalue weighted by atomic mass is 9.91. The average molecular weight is 459 g/mol. The van der Waals surface area contributed by atoms with Crippen molar-refractivity contribution >= 4 is 6.09 Å². The molecule has 2 aliphatic rings. The zero-order chi connectivity index (χ0) is 23.1. The Labute approximate surface area is 194 Å². The highest BCUT2D eigenvalue weighted by molar-refractivity contribution is 5.70. The summed E-state index contributed by atoms with van der Waals surface area (Å²) in [4.78, 5) is 13.8. The molecule has 2 aliphatic heterocycles. The van der Waals surface area contributed by atoms with Crippen LogP contribution in [0.4, 0.5) is 13.6 Å². The molecule has 1 amide bonds. The van der Waals surface area contributed by atoms with Crippen molar-refractivity contribution in [1.82, 2.24) is 10.2 Å². The van der Waals surface area contributed by atoms with Crippen molar-refractivity contribution < 1.29 is 23.0 Å². The van der Waals surface area contributed by atoms with Crippen molar-refractivity contribution in [1.29, 1.82) is 0 Å². The van der Waals surface area contributed by atoms with Crippen molar-refractivity contribution in [2.75, 3.05) is 32.8 Å². The maximum atomic E-state index is 13.3. The Balaban J connectivity index is 1.15. The van der Waals surface area contributed by atoms with Crippen molar-refractivity contribution in [3.63, 3.8) is 0 Å². The number of alkyl carbamates (subject to hydrolysis) is 1. The Morgan fingerprint density at radius 1 is 0.909 bits per heavy atom. The molecule has 2 aromatic carbocycles. The number of carbonyl (C=O) groups is 1. The van der Waals surface area contributed by atoms with E-state index in [0.717, 1.165) is 69.3 Å². The van der Waals surface area contributed by atoms with E-state index in [-0.39, 0.29) is 29.4 Å². The molecule has 33 heavy (non-hydrogen) atoms. The molecule has 2 saturated heterocycles. The minimum absolute atomic E-state index is 0.281. The molecule has 5 nitrogen and oxygen atoms in total. The smallest absolute Gasteiger partial charge is 0.407 e. The van der Waals surface area contributed by atoms with Crippen LogP contribution in [0.25, 0.3) is 0 Å². The normalized spacial score (nSPS) is 18.0. The largest absolute Gasteiger partial charge is 0.441 e. The number of hydrogen-bond donors (Lipinski definition) is 1. The van der Waals surface area contributed by atoms with Gasteiger partial charge in [0.2, 0.25) is 0 Å². The first-order valence-corrected chi connectivity index (χ1v) is 11.8. The Morgan fingerprint density at radius 2 is 1.48 bits per heavy atom. The summed E-state index contributed by atoms with van der Waals surface area (Å²) in [5.74, 6) is -0.581. The van der Waals surface area contributed by atoms with Crippen LogP contribution in [0.1, 0.15) is 55.8 Å². The van der Waals surface area contributed by atoms with Crippen LogP contribution in [-0.2, 0) is 9.47 Å². The van der Waals surface area contributed by atoms with Crippen LogP contribution < -0.4 is 5.32 Å². The molecule has 2 aromatic rings. The fraction of sp³-hybridized carbons (Fsp3) is 0.500. The fourth-order valence-corrected chi connectivity index (χ4v) is 4.62. The number of likely N-dealkylation sites (tertiary alicyclic amines) is 1. The summed E-state index contributed by atoms with van der Waals surface area (Å²) in [5.41, 5.74) is 1.43. The van der Waals surface area contributed by atoms with Crippen LogP contribution in [0.5, 0.6) is 0 Å². The van der Waals surface area contributed by atoms with Gasteiger partial charge in [0.05, 0.1) is 6.54 Å². The number of ether oxygens (including phenoxy) is 2. The molecule has 1 N–H and O–H groups in total. The Morgan fingerprint density at radius 3 is 2.03 bits per heavy atom. The summed E-state index contributed by atoms with van der Waals surface area (Å²) in [6, 6.07) is 12.6. The molecule has 0 radical (unpaired) electrons. The van der Waals surface area contributed by atoms with Gasteiger partial charge >= 0.3 is 6.09 Å². The quantitative estimate of drug-likeness (QED) is 0.497. The number of carbonyl (C=O) groups excluding carboxylic acids is 1. The maximum Gasteiger partial charge on any atom is 0.407 e. The predicted octanol–water partition coefficient (Wildman–Crippen LogP) is 5.21. The highest BCUT2D eigenvalue weighted by Gasteiger charge is 2.42. The average Bonchev–Trinajstić information content (AvgIpc) is 3.18. The number of nitrogens with zero attached hydrogens (tertiary/aromatic N) is 1. The molecule has 0 aromatic heterocycles. The second-order valence-corrected chi connectivity index (χ2v) is 9.04. The van der Waals surface area contributed by atoms with E-state index in [4.69, 9.17) is 9.47 Å². The minimum atomic E-state index is -0.342. The topological polar surface area (TPSA) is 50.8 Å². The van der Waals surface area contributed by atoms with Gasteiger partial charge in [-0.1, -0.05) is 37.1 Å². The molecule has 2 heterocycles. The van der Waals surface area contributed by atoms with Crippen LogP contribution in [-0.4, -0.2) is 49.4 Å². The van der Waals surface area contributed by atoms with E-state index >= 15 is 0 Å². The second-order valence-electron chi connectivity index (χ2n) is 9.04. The SMILES string of the molecule is O=C1NCC2(CCN(CCCCCCOC(c3ccc(F)cc3)c3ccc(F)cc3)CC2)O1. The Bertz CT molecular complexity index is 851. The van der Waals surface area contributed by atoms with Gasteiger partial charge in [0.1, 0.15) is 23.3 Å².